The number of nitrogens with zero attached hydrogens (tertiary/aromatic N) is 1. The van der Waals surface area contributed by atoms with Gasteiger partial charge in [0, 0.05) is 30.6 Å². The van der Waals surface area contributed by atoms with Crippen molar-refractivity contribution in [1.29, 1.82) is 0 Å². The van der Waals surface area contributed by atoms with E-state index in [4.69, 9.17) is 23.2 Å². The first-order valence-electron chi connectivity index (χ1n) is 12.2. The van der Waals surface area contributed by atoms with Gasteiger partial charge in [-0.05, 0) is 49.1 Å². The quantitative estimate of drug-likeness (QED) is 0.345. The Balaban J connectivity index is 1.32. The molecule has 1 fully saturated rings. The smallest absolute Gasteiger partial charge is 0.326 e. The molecule has 0 saturated heterocycles. The Labute approximate surface area is 225 Å². The Morgan fingerprint density at radius 1 is 1.08 bits per heavy atom. The minimum Gasteiger partial charge on any atom is -0.480 e. The molecular formula is C26H29Cl2N5O4. The molecule has 1 heterocycles. The van der Waals surface area contributed by atoms with Crippen LogP contribution in [0.3, 0.4) is 0 Å². The Hall–Kier alpha value is -3.30. The van der Waals surface area contributed by atoms with Gasteiger partial charge in [-0.1, -0.05) is 47.8 Å². The topological polar surface area (TPSA) is 132 Å². The van der Waals surface area contributed by atoms with Crippen molar-refractivity contribution in [1.82, 2.24) is 16.0 Å². The minimum atomic E-state index is -1.19. The molecule has 37 heavy (non-hydrogen) atoms. The number of carboxylic acids is 1. The summed E-state index contributed by atoms with van der Waals surface area (Å²) < 4.78 is 0. The second kappa shape index (κ2) is 12.3. The highest BCUT2D eigenvalue weighted by Crippen LogP contribution is 2.26. The van der Waals surface area contributed by atoms with Crippen molar-refractivity contribution in [3.05, 3.63) is 63.6 Å². The van der Waals surface area contributed by atoms with Crippen LogP contribution in [0.25, 0.3) is 0 Å². The van der Waals surface area contributed by atoms with E-state index in [-0.39, 0.29) is 39.9 Å². The van der Waals surface area contributed by atoms with E-state index in [2.05, 4.69) is 26.3 Å². The van der Waals surface area contributed by atoms with Crippen LogP contribution in [-0.2, 0) is 16.0 Å². The molecule has 1 saturated carbocycles. The zero-order valence-electron chi connectivity index (χ0n) is 20.1. The fourth-order valence-corrected chi connectivity index (χ4v) is 5.17. The Kier molecular flexibility index (Phi) is 8.89. The van der Waals surface area contributed by atoms with Gasteiger partial charge in [0.2, 0.25) is 5.91 Å². The molecule has 0 bridgehead atoms. The normalized spacial score (nSPS) is 19.8. The highest BCUT2D eigenvalue weighted by Gasteiger charge is 2.28. The summed E-state index contributed by atoms with van der Waals surface area (Å²) in [6, 6.07) is 10.6. The molecule has 196 valence electrons. The molecule has 1 aliphatic carbocycles. The third-order valence-corrected chi connectivity index (χ3v) is 7.14. The fraction of sp³-hybridized carbons (Fsp3) is 0.385. The van der Waals surface area contributed by atoms with Crippen LogP contribution in [0, 0.1) is 5.92 Å². The minimum absolute atomic E-state index is 0.0304. The first-order valence-corrected chi connectivity index (χ1v) is 13.0. The third-order valence-electron chi connectivity index (χ3n) is 6.51. The summed E-state index contributed by atoms with van der Waals surface area (Å²) in [5, 5.41) is 22.0. The van der Waals surface area contributed by atoms with Gasteiger partial charge in [-0.3, -0.25) is 14.6 Å². The van der Waals surface area contributed by atoms with Crippen molar-refractivity contribution in [2.75, 3.05) is 18.4 Å². The maximum absolute atomic E-state index is 12.9. The van der Waals surface area contributed by atoms with E-state index in [1.54, 1.807) is 30.3 Å². The Bertz CT molecular complexity index is 1170. The summed E-state index contributed by atoms with van der Waals surface area (Å²) in [6.45, 7) is 1.61. The molecule has 2 aromatic carbocycles. The first kappa shape index (κ1) is 26.8. The van der Waals surface area contributed by atoms with Gasteiger partial charge in [0.15, 0.2) is 5.96 Å². The lowest BCUT2D eigenvalue weighted by Gasteiger charge is -2.29. The molecule has 5 N–H and O–H groups in total. The number of rotatable bonds is 8. The van der Waals surface area contributed by atoms with Crippen LogP contribution in [-0.4, -0.2) is 54.0 Å². The molecule has 2 aromatic rings. The van der Waals surface area contributed by atoms with Crippen LogP contribution in [0.2, 0.25) is 10.0 Å². The molecule has 9 nitrogen and oxygen atoms in total. The number of halogens is 2. The maximum Gasteiger partial charge on any atom is 0.326 e. The summed E-state index contributed by atoms with van der Waals surface area (Å²) >= 11 is 12.1. The predicted molar refractivity (Wildman–Crippen MR) is 143 cm³/mol. The number of hydrogen-bond acceptors (Lipinski definition) is 6. The molecule has 0 radical (unpaired) electrons. The largest absolute Gasteiger partial charge is 0.480 e. The van der Waals surface area contributed by atoms with E-state index in [1.165, 1.54) is 12.1 Å². The van der Waals surface area contributed by atoms with Crippen LogP contribution < -0.4 is 21.3 Å². The summed E-state index contributed by atoms with van der Waals surface area (Å²) in [5.74, 6) is -1.17. The molecular weight excluding hydrogens is 517 g/mol. The highest BCUT2D eigenvalue weighted by atomic mass is 35.5. The standard InChI is InChI=1S/C26H29Cl2N5O4/c27-19-5-2-6-20(28)22(19)24(35)33-21(25(36)37)13-15-7-9-17(10-8-15)31-23(34)16-3-1-4-18(14-16)32-26-29-11-12-30-26/h2,5-10,16,18,21H,1,3-4,11-14H2,(H,31,34)(H,33,35)(H,36,37)(H2,29,30,32)/t16-,18-,21+/m1/s1. The summed E-state index contributed by atoms with van der Waals surface area (Å²) in [4.78, 5) is 41.7. The van der Waals surface area contributed by atoms with E-state index >= 15 is 0 Å². The van der Waals surface area contributed by atoms with Crippen molar-refractivity contribution < 1.29 is 19.5 Å². The van der Waals surface area contributed by atoms with Gasteiger partial charge >= 0.3 is 5.97 Å². The molecule has 3 atom stereocenters. The molecule has 0 spiro atoms. The number of benzene rings is 2. The molecule has 1 aliphatic heterocycles. The van der Waals surface area contributed by atoms with Crippen molar-refractivity contribution >= 4 is 52.6 Å². The summed E-state index contributed by atoms with van der Waals surface area (Å²) in [6.07, 6.45) is 3.58. The summed E-state index contributed by atoms with van der Waals surface area (Å²) in [7, 11) is 0. The Morgan fingerprint density at radius 2 is 1.81 bits per heavy atom. The second-order valence-electron chi connectivity index (χ2n) is 9.21. The lowest BCUT2D eigenvalue weighted by molar-refractivity contribution is -0.139. The highest BCUT2D eigenvalue weighted by molar-refractivity contribution is 6.39. The molecule has 11 heteroatoms. The van der Waals surface area contributed by atoms with Crippen molar-refractivity contribution in [3.63, 3.8) is 0 Å². The number of carbonyl (C=O) groups is 3. The third kappa shape index (κ3) is 7.14. The van der Waals surface area contributed by atoms with Gasteiger partial charge in [-0.15, -0.1) is 0 Å². The average Bonchev–Trinajstić information content (AvgIpc) is 3.38. The van der Waals surface area contributed by atoms with Crippen molar-refractivity contribution in [2.24, 2.45) is 10.9 Å². The van der Waals surface area contributed by atoms with Crippen LogP contribution in [0.15, 0.2) is 47.5 Å². The van der Waals surface area contributed by atoms with Crippen molar-refractivity contribution in [2.45, 2.75) is 44.2 Å². The van der Waals surface area contributed by atoms with Crippen LogP contribution >= 0.6 is 23.2 Å². The average molecular weight is 546 g/mol. The van der Waals surface area contributed by atoms with Crippen LogP contribution in [0.4, 0.5) is 5.69 Å². The molecule has 2 amide bonds. The van der Waals surface area contributed by atoms with E-state index in [1.807, 2.05) is 0 Å². The number of aliphatic imine (C=N–C) groups is 1. The van der Waals surface area contributed by atoms with Gasteiger partial charge in [-0.25, -0.2) is 4.79 Å². The molecule has 0 unspecified atom stereocenters. The SMILES string of the molecule is O=C(N[C@@H](Cc1ccc(NC(=O)[C@@H]2CCC[C@@H](NC3=NCCN3)C2)cc1)C(=O)O)c1c(Cl)cccc1Cl. The zero-order chi connectivity index (χ0) is 26.4. The number of carboxylic acid groups (broad SMARTS) is 1. The van der Waals surface area contributed by atoms with Crippen LogP contribution in [0.1, 0.15) is 41.6 Å². The maximum atomic E-state index is 12.9. The number of anilines is 1. The number of aliphatic carboxylic acids is 1. The van der Waals surface area contributed by atoms with Crippen molar-refractivity contribution in [3.8, 4) is 0 Å². The van der Waals surface area contributed by atoms with E-state index < -0.39 is 17.9 Å². The number of hydrogen-bond donors (Lipinski definition) is 5. The fourth-order valence-electron chi connectivity index (χ4n) is 4.60. The summed E-state index contributed by atoms with van der Waals surface area (Å²) in [5.41, 5.74) is 1.34. The monoisotopic (exact) mass is 545 g/mol. The molecule has 0 aromatic heterocycles. The number of amides is 2. The van der Waals surface area contributed by atoms with E-state index in [0.717, 1.165) is 44.7 Å². The van der Waals surface area contributed by atoms with Gasteiger partial charge in [0.1, 0.15) is 6.04 Å². The lowest BCUT2D eigenvalue weighted by Crippen LogP contribution is -2.44. The second-order valence-corrected chi connectivity index (χ2v) is 10.0. The van der Waals surface area contributed by atoms with Gasteiger partial charge in [-0.2, -0.15) is 0 Å². The molecule has 2 aliphatic rings. The number of nitrogens with one attached hydrogen (secondary N) is 4. The zero-order valence-corrected chi connectivity index (χ0v) is 21.6. The number of guanidine groups is 1. The molecule has 4 rings (SSSR count). The van der Waals surface area contributed by atoms with Gasteiger partial charge in [0.25, 0.3) is 5.91 Å². The first-order chi connectivity index (χ1) is 17.8. The van der Waals surface area contributed by atoms with E-state index in [9.17, 15) is 19.5 Å². The predicted octanol–water partition coefficient (Wildman–Crippen LogP) is 3.47. The van der Waals surface area contributed by atoms with Gasteiger partial charge in [0.05, 0.1) is 22.2 Å². The lowest BCUT2D eigenvalue weighted by atomic mass is 9.85. The number of carbonyl (C=O) groups excluding carboxylic acids is 2. The van der Waals surface area contributed by atoms with Gasteiger partial charge < -0.3 is 26.4 Å². The van der Waals surface area contributed by atoms with Crippen LogP contribution in [0.5, 0.6) is 0 Å². The Morgan fingerprint density at radius 3 is 2.46 bits per heavy atom. The van der Waals surface area contributed by atoms with E-state index in [0.29, 0.717) is 11.3 Å².